The minimum absolute atomic E-state index is 0.424. The molecule has 1 aliphatic rings. The Kier molecular flexibility index (Phi) is 5.42. The van der Waals surface area contributed by atoms with Gasteiger partial charge in [0.05, 0.1) is 26.0 Å². The lowest BCUT2D eigenvalue weighted by Gasteiger charge is -2.13. The van der Waals surface area contributed by atoms with Gasteiger partial charge in [-0.15, -0.1) is 0 Å². The van der Waals surface area contributed by atoms with Crippen LogP contribution >= 0.6 is 0 Å². The van der Waals surface area contributed by atoms with Crippen LogP contribution in [0.25, 0.3) is 0 Å². The summed E-state index contributed by atoms with van der Waals surface area (Å²) in [5.41, 5.74) is 0.870. The van der Waals surface area contributed by atoms with Crippen molar-refractivity contribution < 1.29 is 14.2 Å². The molecule has 0 radical (unpaired) electrons. The van der Waals surface area contributed by atoms with Gasteiger partial charge in [0.25, 0.3) is 0 Å². The van der Waals surface area contributed by atoms with Gasteiger partial charge >= 0.3 is 0 Å². The minimum atomic E-state index is 0.424. The van der Waals surface area contributed by atoms with Gasteiger partial charge in [0.2, 0.25) is 0 Å². The van der Waals surface area contributed by atoms with Crippen LogP contribution in [0.2, 0.25) is 0 Å². The van der Waals surface area contributed by atoms with E-state index in [0.717, 1.165) is 25.3 Å². The van der Waals surface area contributed by atoms with Crippen molar-refractivity contribution in [1.29, 1.82) is 0 Å². The summed E-state index contributed by atoms with van der Waals surface area (Å²) in [6.07, 6.45) is 5.58. The summed E-state index contributed by atoms with van der Waals surface area (Å²) in [6, 6.07) is 1.80. The SMILES string of the molecule is COc1ccnc(CNCCC2CCCO2)c1OC. The quantitative estimate of drug-likeness (QED) is 0.762. The Morgan fingerprint density at radius 3 is 3.00 bits per heavy atom. The van der Waals surface area contributed by atoms with E-state index in [1.54, 1.807) is 26.5 Å². The highest BCUT2D eigenvalue weighted by molar-refractivity contribution is 5.42. The predicted octanol–water partition coefficient (Wildman–Crippen LogP) is 1.76. The van der Waals surface area contributed by atoms with E-state index in [4.69, 9.17) is 14.2 Å². The Morgan fingerprint density at radius 1 is 1.42 bits per heavy atom. The summed E-state index contributed by atoms with van der Waals surface area (Å²) in [5.74, 6) is 1.42. The van der Waals surface area contributed by atoms with Gasteiger partial charge in [-0.3, -0.25) is 4.98 Å². The van der Waals surface area contributed by atoms with Crippen LogP contribution in [0.3, 0.4) is 0 Å². The first-order valence-electron chi connectivity index (χ1n) is 6.73. The summed E-state index contributed by atoms with van der Waals surface area (Å²) in [4.78, 5) is 4.33. The molecule has 5 nitrogen and oxygen atoms in total. The van der Waals surface area contributed by atoms with Gasteiger partial charge < -0.3 is 19.5 Å². The lowest BCUT2D eigenvalue weighted by molar-refractivity contribution is 0.104. The van der Waals surface area contributed by atoms with Crippen molar-refractivity contribution in [2.75, 3.05) is 27.4 Å². The van der Waals surface area contributed by atoms with Crippen molar-refractivity contribution in [3.05, 3.63) is 18.0 Å². The zero-order valence-corrected chi connectivity index (χ0v) is 11.6. The van der Waals surface area contributed by atoms with E-state index < -0.39 is 0 Å². The molecule has 2 heterocycles. The molecule has 1 aromatic rings. The largest absolute Gasteiger partial charge is 0.493 e. The zero-order chi connectivity index (χ0) is 13.5. The van der Waals surface area contributed by atoms with Gasteiger partial charge in [0.15, 0.2) is 11.5 Å². The van der Waals surface area contributed by atoms with E-state index in [9.17, 15) is 0 Å². The number of hydrogen-bond donors (Lipinski definition) is 1. The molecule has 1 aromatic heterocycles. The smallest absolute Gasteiger partial charge is 0.183 e. The van der Waals surface area contributed by atoms with Gasteiger partial charge in [-0.1, -0.05) is 0 Å². The standard InChI is InChI=1S/C14H22N2O3/c1-17-13-6-8-16-12(14(13)18-2)10-15-7-5-11-4-3-9-19-11/h6,8,11,15H,3-5,7,9-10H2,1-2H3. The van der Waals surface area contributed by atoms with Crippen molar-refractivity contribution in [2.24, 2.45) is 0 Å². The average Bonchev–Trinajstić information content (AvgIpc) is 2.96. The molecule has 0 spiro atoms. The Balaban J connectivity index is 1.81. The fourth-order valence-corrected chi connectivity index (χ4v) is 2.32. The number of aromatic nitrogens is 1. The number of methoxy groups -OCH3 is 2. The van der Waals surface area contributed by atoms with E-state index in [1.807, 2.05) is 0 Å². The summed E-state index contributed by atoms with van der Waals surface area (Å²) in [7, 11) is 3.27. The molecular weight excluding hydrogens is 244 g/mol. The second-order valence-electron chi connectivity index (χ2n) is 4.59. The highest BCUT2D eigenvalue weighted by Gasteiger charge is 2.15. The first kappa shape index (κ1) is 14.1. The first-order chi connectivity index (χ1) is 9.35. The van der Waals surface area contributed by atoms with Crippen LogP contribution in [-0.2, 0) is 11.3 Å². The summed E-state index contributed by atoms with van der Waals surface area (Å²) < 4.78 is 16.2. The van der Waals surface area contributed by atoms with Gasteiger partial charge in [0.1, 0.15) is 0 Å². The number of ether oxygens (including phenoxy) is 3. The molecule has 2 rings (SSSR count). The van der Waals surface area contributed by atoms with Crippen molar-refractivity contribution in [3.63, 3.8) is 0 Å². The van der Waals surface area contributed by atoms with Crippen LogP contribution in [0, 0.1) is 0 Å². The second kappa shape index (κ2) is 7.31. The Labute approximate surface area is 114 Å². The Bertz CT molecular complexity index is 392. The van der Waals surface area contributed by atoms with Crippen molar-refractivity contribution in [3.8, 4) is 11.5 Å². The van der Waals surface area contributed by atoms with Crippen LogP contribution in [0.5, 0.6) is 11.5 Å². The molecule has 106 valence electrons. The second-order valence-corrected chi connectivity index (χ2v) is 4.59. The number of rotatable bonds is 7. The lowest BCUT2D eigenvalue weighted by atomic mass is 10.2. The third-order valence-corrected chi connectivity index (χ3v) is 3.33. The maximum Gasteiger partial charge on any atom is 0.183 e. The lowest BCUT2D eigenvalue weighted by Crippen LogP contribution is -2.20. The van der Waals surface area contributed by atoms with Crippen LogP contribution in [0.15, 0.2) is 12.3 Å². The fraction of sp³-hybridized carbons (Fsp3) is 0.643. The predicted molar refractivity (Wildman–Crippen MR) is 72.6 cm³/mol. The molecule has 0 aromatic carbocycles. The first-order valence-corrected chi connectivity index (χ1v) is 6.73. The molecule has 1 fully saturated rings. The maximum absolute atomic E-state index is 5.59. The van der Waals surface area contributed by atoms with Crippen molar-refractivity contribution in [1.82, 2.24) is 10.3 Å². The molecule has 1 saturated heterocycles. The van der Waals surface area contributed by atoms with E-state index in [-0.39, 0.29) is 0 Å². The average molecular weight is 266 g/mol. The molecule has 1 atom stereocenters. The molecule has 5 heteroatoms. The molecular formula is C14H22N2O3. The molecule has 19 heavy (non-hydrogen) atoms. The number of nitrogens with zero attached hydrogens (tertiary/aromatic N) is 1. The van der Waals surface area contributed by atoms with Crippen molar-refractivity contribution in [2.45, 2.75) is 31.9 Å². The maximum atomic E-state index is 5.59. The van der Waals surface area contributed by atoms with Crippen LogP contribution in [0.4, 0.5) is 0 Å². The van der Waals surface area contributed by atoms with Crippen LogP contribution < -0.4 is 14.8 Å². The van der Waals surface area contributed by atoms with E-state index in [1.165, 1.54) is 12.8 Å². The van der Waals surface area contributed by atoms with E-state index in [2.05, 4.69) is 10.3 Å². The molecule has 0 saturated carbocycles. The monoisotopic (exact) mass is 266 g/mol. The van der Waals surface area contributed by atoms with Crippen molar-refractivity contribution >= 4 is 0 Å². The topological polar surface area (TPSA) is 52.6 Å². The van der Waals surface area contributed by atoms with E-state index >= 15 is 0 Å². The van der Waals surface area contributed by atoms with Gasteiger partial charge in [-0.25, -0.2) is 0 Å². The third kappa shape index (κ3) is 3.81. The number of pyridine rings is 1. The third-order valence-electron chi connectivity index (χ3n) is 3.33. The Hall–Kier alpha value is -1.33. The van der Waals surface area contributed by atoms with Crippen LogP contribution in [-0.4, -0.2) is 38.5 Å². The molecule has 1 aliphatic heterocycles. The highest BCUT2D eigenvalue weighted by Crippen LogP contribution is 2.28. The molecule has 0 amide bonds. The van der Waals surface area contributed by atoms with Gasteiger partial charge in [0, 0.05) is 25.4 Å². The molecule has 1 unspecified atom stereocenters. The fourth-order valence-electron chi connectivity index (χ4n) is 2.32. The van der Waals surface area contributed by atoms with E-state index in [0.29, 0.717) is 24.1 Å². The summed E-state index contributed by atoms with van der Waals surface area (Å²) >= 11 is 0. The number of nitrogens with one attached hydrogen (secondary N) is 1. The zero-order valence-electron chi connectivity index (χ0n) is 11.6. The molecule has 1 N–H and O–H groups in total. The number of hydrogen-bond acceptors (Lipinski definition) is 5. The summed E-state index contributed by atoms with van der Waals surface area (Å²) in [5, 5.41) is 3.38. The Morgan fingerprint density at radius 2 is 2.32 bits per heavy atom. The van der Waals surface area contributed by atoms with Gasteiger partial charge in [-0.05, 0) is 25.8 Å². The van der Waals surface area contributed by atoms with Gasteiger partial charge in [-0.2, -0.15) is 0 Å². The highest BCUT2D eigenvalue weighted by atomic mass is 16.5. The molecule has 0 bridgehead atoms. The minimum Gasteiger partial charge on any atom is -0.493 e. The van der Waals surface area contributed by atoms with Crippen LogP contribution in [0.1, 0.15) is 25.0 Å². The molecule has 0 aliphatic carbocycles. The summed E-state index contributed by atoms with van der Waals surface area (Å²) in [6.45, 7) is 2.51. The normalized spacial score (nSPS) is 18.5.